The van der Waals surface area contributed by atoms with Crippen LogP contribution < -0.4 is 0 Å². The van der Waals surface area contributed by atoms with Gasteiger partial charge in [0.2, 0.25) is 0 Å². The Bertz CT molecular complexity index is 419. The van der Waals surface area contributed by atoms with Crippen LogP contribution in [0.1, 0.15) is 80.1 Å². The lowest BCUT2D eigenvalue weighted by Gasteiger charge is -2.51. The topological polar surface area (TPSA) is 17.1 Å². The SMILES string of the molecule is CC(C)[Si](CC1CC=CC(=O)C12CCCCC2)(C(C)C)C(C)C. The number of hydrogen-bond donors (Lipinski definition) is 0. The van der Waals surface area contributed by atoms with Gasteiger partial charge in [-0.1, -0.05) is 89.5 Å². The smallest absolute Gasteiger partial charge is 0.161 e. The predicted molar refractivity (Wildman–Crippen MR) is 104 cm³/mol. The maximum atomic E-state index is 12.9. The van der Waals surface area contributed by atoms with Gasteiger partial charge in [0.15, 0.2) is 5.78 Å². The average molecular weight is 335 g/mol. The van der Waals surface area contributed by atoms with E-state index in [4.69, 9.17) is 0 Å². The number of allylic oxidation sites excluding steroid dienone is 2. The Kier molecular flexibility index (Phi) is 5.98. The van der Waals surface area contributed by atoms with E-state index in [0.29, 0.717) is 11.7 Å². The first-order valence-electron chi connectivity index (χ1n) is 9.98. The molecule has 0 aromatic carbocycles. The Labute approximate surface area is 145 Å². The summed E-state index contributed by atoms with van der Waals surface area (Å²) in [5, 5.41) is 0. The molecule has 1 nitrogen and oxygen atoms in total. The monoisotopic (exact) mass is 334 g/mol. The third-order valence-corrected chi connectivity index (χ3v) is 15.2. The summed E-state index contributed by atoms with van der Waals surface area (Å²) >= 11 is 0. The summed E-state index contributed by atoms with van der Waals surface area (Å²) in [6, 6.07) is 1.36. The summed E-state index contributed by atoms with van der Waals surface area (Å²) in [5.74, 6) is 1.08. The minimum Gasteiger partial charge on any atom is -0.294 e. The molecule has 0 amide bonds. The quantitative estimate of drug-likeness (QED) is 0.507. The summed E-state index contributed by atoms with van der Waals surface area (Å²) in [6.45, 7) is 14.8. The van der Waals surface area contributed by atoms with Crippen LogP contribution in [-0.4, -0.2) is 13.9 Å². The van der Waals surface area contributed by atoms with E-state index in [-0.39, 0.29) is 5.41 Å². The maximum Gasteiger partial charge on any atom is 0.161 e. The van der Waals surface area contributed by atoms with Crippen molar-refractivity contribution in [1.29, 1.82) is 0 Å². The maximum absolute atomic E-state index is 12.9. The lowest BCUT2D eigenvalue weighted by atomic mass is 9.61. The Balaban J connectivity index is 2.37. The van der Waals surface area contributed by atoms with Crippen molar-refractivity contribution in [3.63, 3.8) is 0 Å². The molecule has 0 radical (unpaired) electrons. The van der Waals surface area contributed by atoms with Crippen LogP contribution in [0.5, 0.6) is 0 Å². The second-order valence-electron chi connectivity index (χ2n) is 9.20. The lowest BCUT2D eigenvalue weighted by Crippen LogP contribution is -2.51. The van der Waals surface area contributed by atoms with Crippen LogP contribution in [0.3, 0.4) is 0 Å². The number of hydrogen-bond acceptors (Lipinski definition) is 1. The molecule has 0 N–H and O–H groups in total. The standard InChI is InChI=1S/C21H38OSi/c1-16(2)23(17(3)4,18(5)6)15-19-11-10-12-20(22)21(19)13-8-7-9-14-21/h10,12,16-19H,7-9,11,13-15H2,1-6H3. The molecule has 0 heterocycles. The van der Waals surface area contributed by atoms with Crippen LogP contribution in [-0.2, 0) is 4.79 Å². The fraction of sp³-hybridized carbons (Fsp3) is 0.857. The molecule has 1 fully saturated rings. The van der Waals surface area contributed by atoms with Gasteiger partial charge in [-0.25, -0.2) is 0 Å². The molecule has 1 atom stereocenters. The first-order valence-corrected chi connectivity index (χ1v) is 12.4. The van der Waals surface area contributed by atoms with Crippen molar-refractivity contribution in [3.05, 3.63) is 12.2 Å². The Morgan fingerprint density at radius 3 is 2.00 bits per heavy atom. The fourth-order valence-electron chi connectivity index (χ4n) is 6.18. The number of rotatable bonds is 5. The summed E-state index contributed by atoms with van der Waals surface area (Å²) in [4.78, 5) is 12.9. The first kappa shape index (κ1) is 19.0. The van der Waals surface area contributed by atoms with Gasteiger partial charge in [0.25, 0.3) is 0 Å². The molecule has 132 valence electrons. The zero-order chi connectivity index (χ0) is 17.3. The zero-order valence-corrected chi connectivity index (χ0v) is 17.3. The highest BCUT2D eigenvalue weighted by molar-refractivity contribution is 6.83. The van der Waals surface area contributed by atoms with Gasteiger partial charge in [-0.3, -0.25) is 4.79 Å². The highest BCUT2D eigenvalue weighted by Crippen LogP contribution is 2.55. The number of carbonyl (C=O) groups is 1. The molecular formula is C21H38OSi. The highest BCUT2D eigenvalue weighted by atomic mass is 28.3. The van der Waals surface area contributed by atoms with Gasteiger partial charge in [0, 0.05) is 5.41 Å². The summed E-state index contributed by atoms with van der Waals surface area (Å²) < 4.78 is 0. The van der Waals surface area contributed by atoms with Crippen molar-refractivity contribution in [2.45, 2.75) is 103 Å². The molecule has 0 aromatic rings. The van der Waals surface area contributed by atoms with E-state index in [9.17, 15) is 4.79 Å². The summed E-state index contributed by atoms with van der Waals surface area (Å²) in [5.41, 5.74) is 2.39. The molecule has 23 heavy (non-hydrogen) atoms. The number of ketones is 1. The Morgan fingerprint density at radius 2 is 1.52 bits per heavy atom. The van der Waals surface area contributed by atoms with E-state index in [2.05, 4.69) is 47.6 Å². The molecule has 0 saturated heterocycles. The largest absolute Gasteiger partial charge is 0.294 e. The minimum absolute atomic E-state index is 0.00389. The van der Waals surface area contributed by atoms with Gasteiger partial charge in [0.05, 0.1) is 8.07 Å². The molecule has 2 heteroatoms. The molecule has 2 aliphatic rings. The molecule has 1 saturated carbocycles. The van der Waals surface area contributed by atoms with E-state index >= 15 is 0 Å². The average Bonchev–Trinajstić information content (AvgIpc) is 2.49. The van der Waals surface area contributed by atoms with Gasteiger partial charge in [-0.2, -0.15) is 0 Å². The third-order valence-electron chi connectivity index (χ3n) is 7.53. The van der Waals surface area contributed by atoms with Gasteiger partial charge >= 0.3 is 0 Å². The van der Waals surface area contributed by atoms with Crippen LogP contribution in [0.4, 0.5) is 0 Å². The third kappa shape index (κ3) is 3.25. The van der Waals surface area contributed by atoms with Crippen molar-refractivity contribution in [3.8, 4) is 0 Å². The zero-order valence-electron chi connectivity index (χ0n) is 16.3. The fourth-order valence-corrected chi connectivity index (χ4v) is 13.0. The van der Waals surface area contributed by atoms with Crippen molar-refractivity contribution < 1.29 is 4.79 Å². The molecule has 0 bridgehead atoms. The normalized spacial score (nSPS) is 25.1. The minimum atomic E-state index is -1.44. The van der Waals surface area contributed by atoms with E-state index in [1.807, 2.05) is 6.08 Å². The second kappa shape index (κ2) is 7.25. The molecule has 2 aliphatic carbocycles. The van der Waals surface area contributed by atoms with E-state index in [1.54, 1.807) is 0 Å². The first-order chi connectivity index (χ1) is 10.8. The summed E-state index contributed by atoms with van der Waals surface area (Å²) in [7, 11) is -1.44. The molecular weight excluding hydrogens is 296 g/mol. The molecule has 1 unspecified atom stereocenters. The van der Waals surface area contributed by atoms with Crippen LogP contribution in [0, 0.1) is 11.3 Å². The van der Waals surface area contributed by atoms with Crippen molar-refractivity contribution >= 4 is 13.9 Å². The van der Waals surface area contributed by atoms with Gasteiger partial charge in [-0.15, -0.1) is 0 Å². The number of carbonyl (C=O) groups excluding carboxylic acids is 1. The van der Waals surface area contributed by atoms with Gasteiger partial charge in [0.1, 0.15) is 0 Å². The van der Waals surface area contributed by atoms with E-state index in [1.165, 1.54) is 25.3 Å². The lowest BCUT2D eigenvalue weighted by molar-refractivity contribution is -0.129. The van der Waals surface area contributed by atoms with E-state index < -0.39 is 8.07 Å². The molecule has 2 rings (SSSR count). The van der Waals surface area contributed by atoms with Crippen LogP contribution in [0.15, 0.2) is 12.2 Å². The van der Waals surface area contributed by atoms with Crippen molar-refractivity contribution in [2.75, 3.05) is 0 Å². The van der Waals surface area contributed by atoms with Crippen molar-refractivity contribution in [1.82, 2.24) is 0 Å². The van der Waals surface area contributed by atoms with Crippen LogP contribution in [0.2, 0.25) is 22.7 Å². The van der Waals surface area contributed by atoms with Gasteiger partial charge in [-0.05, 0) is 31.3 Å². The van der Waals surface area contributed by atoms with E-state index in [0.717, 1.165) is 35.9 Å². The Hall–Kier alpha value is -0.373. The van der Waals surface area contributed by atoms with Gasteiger partial charge < -0.3 is 0 Å². The predicted octanol–water partition coefficient (Wildman–Crippen LogP) is 6.76. The molecule has 0 aromatic heterocycles. The molecule has 0 aliphatic heterocycles. The Morgan fingerprint density at radius 1 is 1.00 bits per heavy atom. The highest BCUT2D eigenvalue weighted by Gasteiger charge is 2.51. The summed E-state index contributed by atoms with van der Waals surface area (Å²) in [6.07, 6.45) is 11.4. The van der Waals surface area contributed by atoms with Crippen LogP contribution >= 0.6 is 0 Å². The second-order valence-corrected chi connectivity index (χ2v) is 15.3. The molecule has 1 spiro atoms. The van der Waals surface area contributed by atoms with Crippen LogP contribution in [0.25, 0.3) is 0 Å². The van der Waals surface area contributed by atoms with Crippen molar-refractivity contribution in [2.24, 2.45) is 11.3 Å².